The number of rotatable bonds is 18. The molecule has 5 rings (SSSR count). The molecule has 0 spiro atoms. The largest absolute Gasteiger partial charge is 0.508 e. The lowest BCUT2D eigenvalue weighted by molar-refractivity contribution is -0.192. The highest BCUT2D eigenvalue weighted by molar-refractivity contribution is 7.16. The Balaban J connectivity index is 0.000000341. The van der Waals surface area contributed by atoms with Crippen LogP contribution in [-0.2, 0) is 36.9 Å². The van der Waals surface area contributed by atoms with E-state index < -0.39 is 48.0 Å². The summed E-state index contributed by atoms with van der Waals surface area (Å²) in [4.78, 5) is 98.1. The minimum Gasteiger partial charge on any atom is -0.508 e. The molecule has 0 radical (unpaired) electrons. The van der Waals surface area contributed by atoms with Crippen molar-refractivity contribution >= 4 is 81.5 Å². The Bertz CT molecular complexity index is 2690. The van der Waals surface area contributed by atoms with Crippen LogP contribution in [0.3, 0.4) is 0 Å². The SMILES string of the molecule is COC(=O)[C@H](CN)NC(=O)c1sc(C(=O)NCc2cccc(O)c2)cc1C(C)C.COC(=O)[C@H](CNC(=O)c1cccs1)NC(=O)c1sc(C(=O)NCc2cccc(O)c2)cc1C(C)C.O=C(O)C(F)(F)F. The number of phenols is 2. The highest BCUT2D eigenvalue weighted by atomic mass is 32.1. The first-order chi connectivity index (χ1) is 33.9. The number of thiophene rings is 3. The van der Waals surface area contributed by atoms with Crippen molar-refractivity contribution in [1.29, 1.82) is 0 Å². The molecule has 3 heterocycles. The minimum atomic E-state index is -5.08. The van der Waals surface area contributed by atoms with Crippen LogP contribution in [0.2, 0.25) is 0 Å². The fourth-order valence-corrected chi connectivity index (χ4v) is 8.86. The van der Waals surface area contributed by atoms with Crippen molar-refractivity contribution in [2.24, 2.45) is 5.73 Å². The van der Waals surface area contributed by atoms with Crippen LogP contribution in [0.4, 0.5) is 13.2 Å². The Morgan fingerprint density at radius 2 is 1.03 bits per heavy atom. The summed E-state index contributed by atoms with van der Waals surface area (Å²) in [7, 11) is 2.42. The molecule has 72 heavy (non-hydrogen) atoms. The van der Waals surface area contributed by atoms with Gasteiger partial charge in [-0.2, -0.15) is 13.2 Å². The monoisotopic (exact) mass is 1060 g/mol. The standard InChI is InChI=1S/C25H27N3O6S2.C20H25N3O5S.C2HF3O2/c1-14(2)17-11-20(23(31)26-12-15-6-4-7-16(29)10-15)36-21(17)24(32)28-18(25(33)34-3)13-27-22(30)19-8-5-9-35-19;1-11(2)14-8-16(18(25)22-10-12-5-4-6-13(24)7-12)29-17(14)19(26)23-15(9-21)20(27)28-3;3-2(4,5)1(6)7/h4-11,14,18,29H,12-13H2,1-3H3,(H,26,31)(H,27,30)(H,28,32);4-8,11,15,24H,9-10,21H2,1-3H3,(H,22,25)(H,23,26);(H,6,7)/t18-;15-;/m00./s1. The van der Waals surface area contributed by atoms with Gasteiger partial charge >= 0.3 is 24.1 Å². The van der Waals surface area contributed by atoms with Gasteiger partial charge in [0.2, 0.25) is 0 Å². The lowest BCUT2D eigenvalue weighted by Crippen LogP contribution is -2.48. The third kappa shape index (κ3) is 18.1. The molecule has 0 saturated carbocycles. The molecule has 0 unspecified atom stereocenters. The number of hydrogen-bond donors (Lipinski definition) is 9. The summed E-state index contributed by atoms with van der Waals surface area (Å²) >= 11 is 3.32. The summed E-state index contributed by atoms with van der Waals surface area (Å²) in [6.45, 7) is 7.80. The minimum absolute atomic E-state index is 0.00549. The summed E-state index contributed by atoms with van der Waals surface area (Å²) in [5.41, 5.74) is 8.38. The fraction of sp³-hybridized carbons (Fsp3) is 0.319. The van der Waals surface area contributed by atoms with Gasteiger partial charge in [0.25, 0.3) is 29.5 Å². The predicted molar refractivity (Wildman–Crippen MR) is 261 cm³/mol. The van der Waals surface area contributed by atoms with Crippen LogP contribution < -0.4 is 32.3 Å². The number of carbonyl (C=O) groups is 8. The van der Waals surface area contributed by atoms with Crippen LogP contribution >= 0.6 is 34.0 Å². The zero-order valence-electron chi connectivity index (χ0n) is 39.5. The maximum absolute atomic E-state index is 13.1. The van der Waals surface area contributed by atoms with Gasteiger partial charge in [-0.3, -0.25) is 24.0 Å². The Morgan fingerprint density at radius 3 is 1.39 bits per heavy atom. The number of carboxylic acid groups (broad SMARTS) is 1. The molecule has 0 bridgehead atoms. The summed E-state index contributed by atoms with van der Waals surface area (Å²) in [5, 5.41) is 41.4. The third-order valence-electron chi connectivity index (χ3n) is 9.62. The van der Waals surface area contributed by atoms with Gasteiger partial charge in [-0.25, -0.2) is 14.4 Å². The quantitative estimate of drug-likeness (QED) is 0.0480. The molecule has 0 aliphatic carbocycles. The number of methoxy groups -OCH3 is 2. The lowest BCUT2D eigenvalue weighted by Gasteiger charge is -2.17. The van der Waals surface area contributed by atoms with Crippen LogP contribution in [-0.4, -0.2) is 108 Å². The van der Waals surface area contributed by atoms with Crippen molar-refractivity contribution in [1.82, 2.24) is 26.6 Å². The zero-order valence-corrected chi connectivity index (χ0v) is 42.0. The maximum atomic E-state index is 13.1. The molecule has 19 nitrogen and oxygen atoms in total. The number of carbonyl (C=O) groups excluding carboxylic acids is 7. The van der Waals surface area contributed by atoms with Gasteiger partial charge in [-0.1, -0.05) is 58.0 Å². The highest BCUT2D eigenvalue weighted by Crippen LogP contribution is 2.30. The molecule has 2 atom stereocenters. The van der Waals surface area contributed by atoms with E-state index in [4.69, 9.17) is 20.4 Å². The molecule has 0 aliphatic rings. The molecule has 0 aliphatic heterocycles. The van der Waals surface area contributed by atoms with Crippen molar-refractivity contribution in [2.45, 2.75) is 70.9 Å². The fourth-order valence-electron chi connectivity index (χ4n) is 5.95. The van der Waals surface area contributed by atoms with Crippen LogP contribution in [0.1, 0.15) is 110 Å². The summed E-state index contributed by atoms with van der Waals surface area (Å²) in [6, 6.07) is 17.8. The summed E-state index contributed by atoms with van der Waals surface area (Å²) < 4.78 is 41.2. The Labute approximate surface area is 422 Å². The van der Waals surface area contributed by atoms with E-state index in [0.29, 0.717) is 35.5 Å². The number of carboxylic acids is 1. The number of alkyl halides is 3. The first kappa shape index (κ1) is 59.0. The first-order valence-electron chi connectivity index (χ1n) is 21.4. The van der Waals surface area contributed by atoms with Crippen molar-refractivity contribution in [3.05, 3.63) is 125 Å². The van der Waals surface area contributed by atoms with Crippen LogP contribution in [0.5, 0.6) is 11.5 Å². The molecular weight excluding hydrogens is 1010 g/mol. The number of amides is 5. The number of esters is 2. The van der Waals surface area contributed by atoms with Crippen LogP contribution in [0, 0.1) is 0 Å². The number of aromatic hydroxyl groups is 2. The number of nitrogens with two attached hydrogens (primary N) is 1. The molecule has 0 fully saturated rings. The number of hydrogen-bond acceptors (Lipinski definition) is 16. The Morgan fingerprint density at radius 1 is 0.611 bits per heavy atom. The number of benzene rings is 2. The molecule has 5 amide bonds. The third-order valence-corrected chi connectivity index (χ3v) is 12.8. The average molecular weight is 1060 g/mol. The van der Waals surface area contributed by atoms with E-state index in [9.17, 15) is 56.9 Å². The second kappa shape index (κ2) is 27.9. The van der Waals surface area contributed by atoms with Gasteiger partial charge in [0.1, 0.15) is 23.6 Å². The summed E-state index contributed by atoms with van der Waals surface area (Å²) in [6.07, 6.45) is -5.08. The molecule has 3 aromatic heterocycles. The number of phenolic OH excluding ortho intramolecular Hbond substituents is 2. The van der Waals surface area contributed by atoms with Crippen molar-refractivity contribution in [3.63, 3.8) is 0 Å². The van der Waals surface area contributed by atoms with Crippen molar-refractivity contribution in [3.8, 4) is 11.5 Å². The molecular formula is C47H53F3N6O13S3. The summed E-state index contributed by atoms with van der Waals surface area (Å²) in [5.74, 6) is -6.03. The molecule has 2 aromatic carbocycles. The lowest BCUT2D eigenvalue weighted by atomic mass is 10.0. The van der Waals surface area contributed by atoms with Crippen molar-refractivity contribution in [2.75, 3.05) is 27.3 Å². The normalized spacial score (nSPS) is 11.6. The van der Waals surface area contributed by atoms with Gasteiger partial charge in [0.05, 0.1) is 38.6 Å². The van der Waals surface area contributed by atoms with E-state index >= 15 is 0 Å². The van der Waals surface area contributed by atoms with Gasteiger partial charge in [0.15, 0.2) is 0 Å². The number of ether oxygens (including phenoxy) is 2. The Kier molecular flexibility index (Phi) is 22.8. The molecule has 0 saturated heterocycles. The van der Waals surface area contributed by atoms with Gasteiger partial charge < -0.3 is 57.1 Å². The van der Waals surface area contributed by atoms with E-state index in [2.05, 4.69) is 31.3 Å². The maximum Gasteiger partial charge on any atom is 0.490 e. The van der Waals surface area contributed by atoms with Gasteiger partial charge in [-0.15, -0.1) is 34.0 Å². The second-order valence-corrected chi connectivity index (χ2v) is 18.7. The highest BCUT2D eigenvalue weighted by Gasteiger charge is 2.38. The molecule has 5 aromatic rings. The Hall–Kier alpha value is -7.35. The zero-order chi connectivity index (χ0) is 53.9. The molecule has 25 heteroatoms. The molecule has 388 valence electrons. The van der Waals surface area contributed by atoms with E-state index in [1.54, 1.807) is 78.2 Å². The van der Waals surface area contributed by atoms with Crippen LogP contribution in [0.15, 0.2) is 78.2 Å². The van der Waals surface area contributed by atoms with E-state index in [1.165, 1.54) is 25.6 Å². The van der Waals surface area contributed by atoms with Crippen molar-refractivity contribution < 1.29 is 76.3 Å². The van der Waals surface area contributed by atoms with E-state index in [0.717, 1.165) is 33.8 Å². The van der Waals surface area contributed by atoms with E-state index in [1.807, 2.05) is 27.7 Å². The van der Waals surface area contributed by atoms with Gasteiger partial charge in [-0.05, 0) is 81.9 Å². The van der Waals surface area contributed by atoms with Gasteiger partial charge in [0, 0.05) is 26.2 Å². The predicted octanol–water partition coefficient (Wildman–Crippen LogP) is 5.64. The smallest absolute Gasteiger partial charge is 0.490 e. The second-order valence-electron chi connectivity index (χ2n) is 15.6. The number of halogens is 3. The van der Waals surface area contributed by atoms with Crippen LogP contribution in [0.25, 0.3) is 0 Å². The average Bonchev–Trinajstić information content (AvgIpc) is 4.14. The molecule has 10 N–H and O–H groups in total. The topological polar surface area (TPSA) is 302 Å². The number of aliphatic carboxylic acids is 1. The number of nitrogens with one attached hydrogen (secondary N) is 5. The first-order valence-corrected chi connectivity index (χ1v) is 23.9. The van der Waals surface area contributed by atoms with E-state index in [-0.39, 0.29) is 67.2 Å².